The summed E-state index contributed by atoms with van der Waals surface area (Å²) in [5.41, 5.74) is 2.28. The topological polar surface area (TPSA) is 40.6 Å². The van der Waals surface area contributed by atoms with Crippen LogP contribution in [0.15, 0.2) is 87.8 Å². The van der Waals surface area contributed by atoms with Crippen molar-refractivity contribution in [3.8, 4) is 0 Å². The van der Waals surface area contributed by atoms with Crippen LogP contribution < -0.4 is 9.34 Å². The minimum Gasteiger partial charge on any atom is -0.305 e. The largest absolute Gasteiger partial charge is 0.305 e. The summed E-state index contributed by atoms with van der Waals surface area (Å²) in [6, 6.07) is 25.5. The van der Waals surface area contributed by atoms with E-state index in [0.29, 0.717) is 13.1 Å². The minimum atomic E-state index is -3.21. The summed E-state index contributed by atoms with van der Waals surface area (Å²) < 4.78 is 21.0. The molecule has 1 unspecified atom stereocenters. The highest BCUT2D eigenvalue weighted by Crippen LogP contribution is 2.69. The maximum atomic E-state index is 15.0. The van der Waals surface area contributed by atoms with Crippen molar-refractivity contribution >= 4 is 57.0 Å². The van der Waals surface area contributed by atoms with Gasteiger partial charge in [0.25, 0.3) is 7.44 Å². The number of halogens is 2. The van der Waals surface area contributed by atoms with Crippen LogP contribution in [0.3, 0.4) is 0 Å². The van der Waals surface area contributed by atoms with Gasteiger partial charge in [0.2, 0.25) is 0 Å². The van der Waals surface area contributed by atoms with Crippen molar-refractivity contribution in [1.82, 2.24) is 0 Å². The van der Waals surface area contributed by atoms with Crippen LogP contribution in [0.1, 0.15) is 17.6 Å². The van der Waals surface area contributed by atoms with Crippen LogP contribution in [0.25, 0.3) is 0 Å². The Labute approximate surface area is 193 Å². The molecule has 30 heavy (non-hydrogen) atoms. The lowest BCUT2D eigenvalue weighted by atomic mass is 10.1. The van der Waals surface area contributed by atoms with E-state index < -0.39 is 13.1 Å². The van der Waals surface area contributed by atoms with Gasteiger partial charge in [-0.3, -0.25) is 4.57 Å². The van der Waals surface area contributed by atoms with Gasteiger partial charge in [-0.1, -0.05) is 62.2 Å². The Morgan fingerprint density at radius 1 is 0.800 bits per heavy atom. The summed E-state index contributed by atoms with van der Waals surface area (Å²) in [4.78, 5) is 11.7. The number of hydrogen-bond donors (Lipinski definition) is 0. The van der Waals surface area contributed by atoms with Crippen molar-refractivity contribution in [2.45, 2.75) is 12.1 Å². The Morgan fingerprint density at radius 2 is 1.27 bits per heavy atom. The molecular formula is C23H21Br2N2O2P. The van der Waals surface area contributed by atoms with E-state index in [1.54, 1.807) is 0 Å². The SMILES string of the molecule is O=CCC(c1ccccc1)P1(=O)N(c2ccc(Br)cc2)CCN1c1ccc(Br)cc1. The first-order chi connectivity index (χ1) is 14.5. The monoisotopic (exact) mass is 546 g/mol. The van der Waals surface area contributed by atoms with Crippen LogP contribution >= 0.6 is 39.3 Å². The van der Waals surface area contributed by atoms with Crippen LogP contribution in [0, 0.1) is 0 Å². The second-order valence-corrected chi connectivity index (χ2v) is 11.7. The van der Waals surface area contributed by atoms with Gasteiger partial charge in [0.15, 0.2) is 0 Å². The summed E-state index contributed by atoms with van der Waals surface area (Å²) in [7, 11) is -3.21. The number of carbonyl (C=O) groups excluding carboxylic acids is 1. The molecule has 1 aliphatic rings. The van der Waals surface area contributed by atoms with Gasteiger partial charge < -0.3 is 14.1 Å². The molecule has 1 heterocycles. The van der Waals surface area contributed by atoms with Gasteiger partial charge in [-0.2, -0.15) is 0 Å². The number of benzene rings is 3. The molecule has 1 fully saturated rings. The van der Waals surface area contributed by atoms with Crippen LogP contribution in [-0.4, -0.2) is 19.4 Å². The number of aldehydes is 1. The molecular weight excluding hydrogens is 527 g/mol. The molecule has 1 atom stereocenters. The molecule has 0 N–H and O–H groups in total. The average Bonchev–Trinajstić information content (AvgIpc) is 3.11. The fourth-order valence-corrected chi connectivity index (χ4v) is 8.06. The molecule has 0 aliphatic carbocycles. The first kappa shape index (κ1) is 21.4. The summed E-state index contributed by atoms with van der Waals surface area (Å²) in [5.74, 6) is 0. The second kappa shape index (κ2) is 9.09. The third-order valence-electron chi connectivity index (χ3n) is 5.37. The van der Waals surface area contributed by atoms with Crippen LogP contribution in [0.2, 0.25) is 0 Å². The summed E-state index contributed by atoms with van der Waals surface area (Å²) in [6.45, 7) is 1.24. The molecule has 1 aliphatic heterocycles. The number of hydrogen-bond acceptors (Lipinski definition) is 2. The predicted molar refractivity (Wildman–Crippen MR) is 130 cm³/mol. The van der Waals surface area contributed by atoms with Crippen LogP contribution in [0.5, 0.6) is 0 Å². The first-order valence-corrected chi connectivity index (χ1v) is 13.0. The van der Waals surface area contributed by atoms with E-state index in [9.17, 15) is 4.79 Å². The van der Waals surface area contributed by atoms with Gasteiger partial charge in [0.05, 0.1) is 5.66 Å². The fourth-order valence-electron chi connectivity index (χ4n) is 3.99. The number of anilines is 2. The van der Waals surface area contributed by atoms with E-state index in [0.717, 1.165) is 32.2 Å². The van der Waals surface area contributed by atoms with Gasteiger partial charge in [0, 0.05) is 39.8 Å². The van der Waals surface area contributed by atoms with Gasteiger partial charge in [-0.15, -0.1) is 0 Å². The lowest BCUT2D eigenvalue weighted by Gasteiger charge is -2.38. The Hall–Kier alpha value is -1.88. The van der Waals surface area contributed by atoms with Gasteiger partial charge >= 0.3 is 0 Å². The van der Waals surface area contributed by atoms with Crippen molar-refractivity contribution in [1.29, 1.82) is 0 Å². The zero-order valence-electron chi connectivity index (χ0n) is 16.2. The molecule has 0 spiro atoms. The maximum Gasteiger partial charge on any atom is 0.270 e. The molecule has 154 valence electrons. The third-order valence-corrected chi connectivity index (χ3v) is 10.00. The minimum absolute atomic E-state index is 0.196. The first-order valence-electron chi connectivity index (χ1n) is 9.69. The Bertz CT molecular complexity index is 1000. The summed E-state index contributed by atoms with van der Waals surface area (Å²) in [6.07, 6.45) is 1.08. The smallest absolute Gasteiger partial charge is 0.270 e. The molecule has 0 saturated carbocycles. The van der Waals surface area contributed by atoms with E-state index in [1.807, 2.05) is 88.2 Å². The molecule has 3 aromatic rings. The van der Waals surface area contributed by atoms with E-state index in [2.05, 4.69) is 31.9 Å². The number of nitrogens with zero attached hydrogens (tertiary/aromatic N) is 2. The van der Waals surface area contributed by atoms with Crippen molar-refractivity contribution in [2.24, 2.45) is 0 Å². The van der Waals surface area contributed by atoms with Gasteiger partial charge in [-0.05, 0) is 54.1 Å². The summed E-state index contributed by atoms with van der Waals surface area (Å²) in [5, 5.41) is 0. The molecule has 0 bridgehead atoms. The molecule has 0 amide bonds. The zero-order valence-corrected chi connectivity index (χ0v) is 20.3. The Morgan fingerprint density at radius 3 is 1.70 bits per heavy atom. The van der Waals surface area contributed by atoms with Crippen molar-refractivity contribution in [3.63, 3.8) is 0 Å². The number of carbonyl (C=O) groups is 1. The third kappa shape index (κ3) is 4.01. The van der Waals surface area contributed by atoms with E-state index >= 15 is 4.57 Å². The molecule has 0 radical (unpaired) electrons. The summed E-state index contributed by atoms with van der Waals surface area (Å²) >= 11 is 6.96. The Kier molecular flexibility index (Phi) is 6.47. The van der Waals surface area contributed by atoms with E-state index in [1.165, 1.54) is 0 Å². The maximum absolute atomic E-state index is 15.0. The normalized spacial score (nSPS) is 16.5. The van der Waals surface area contributed by atoms with Crippen LogP contribution in [0.4, 0.5) is 11.4 Å². The lowest BCUT2D eigenvalue weighted by Crippen LogP contribution is -2.24. The number of rotatable bonds is 6. The lowest BCUT2D eigenvalue weighted by molar-refractivity contribution is -0.107. The molecule has 3 aromatic carbocycles. The van der Waals surface area contributed by atoms with E-state index in [-0.39, 0.29) is 6.42 Å². The van der Waals surface area contributed by atoms with Crippen LogP contribution in [-0.2, 0) is 9.36 Å². The van der Waals surface area contributed by atoms with Crippen molar-refractivity contribution in [3.05, 3.63) is 93.4 Å². The van der Waals surface area contributed by atoms with Gasteiger partial charge in [0.1, 0.15) is 6.29 Å². The molecule has 4 nitrogen and oxygen atoms in total. The molecule has 1 saturated heterocycles. The van der Waals surface area contributed by atoms with Crippen molar-refractivity contribution < 1.29 is 9.36 Å². The Balaban J connectivity index is 1.87. The highest BCUT2D eigenvalue weighted by Gasteiger charge is 2.49. The molecule has 7 heteroatoms. The zero-order chi connectivity index (χ0) is 21.1. The predicted octanol–water partition coefficient (Wildman–Crippen LogP) is 7.06. The van der Waals surface area contributed by atoms with Crippen molar-refractivity contribution in [2.75, 3.05) is 22.4 Å². The quantitative estimate of drug-likeness (QED) is 0.244. The average molecular weight is 548 g/mol. The highest BCUT2D eigenvalue weighted by atomic mass is 79.9. The standard InChI is InChI=1S/C23H21Br2N2O2P/c24-19-6-10-21(11-7-19)26-15-16-27(22-12-8-20(25)9-13-22)30(26,29)23(14-17-28)18-4-2-1-3-5-18/h1-13,17,23H,14-16H2. The second-order valence-electron chi connectivity index (χ2n) is 7.12. The van der Waals surface area contributed by atoms with Gasteiger partial charge in [-0.25, -0.2) is 0 Å². The van der Waals surface area contributed by atoms with E-state index in [4.69, 9.17) is 0 Å². The molecule has 4 rings (SSSR count). The molecule has 0 aromatic heterocycles. The fraction of sp³-hybridized carbons (Fsp3) is 0.174. The highest BCUT2D eigenvalue weighted by molar-refractivity contribution is 9.10.